The number of carbonyl (C=O) groups is 3. The molecule has 3 aromatic rings. The maximum atomic E-state index is 13.7. The minimum atomic E-state index is -4.30. The van der Waals surface area contributed by atoms with Gasteiger partial charge in [0.25, 0.3) is 15.9 Å². The molecule has 0 aromatic heterocycles. The Morgan fingerprint density at radius 1 is 0.979 bits per heavy atom. The van der Waals surface area contributed by atoms with E-state index in [1.165, 1.54) is 42.5 Å². The van der Waals surface area contributed by atoms with Crippen LogP contribution in [0.25, 0.3) is 0 Å². The Bertz CT molecular complexity index is 1680. The van der Waals surface area contributed by atoms with Gasteiger partial charge in [0.2, 0.25) is 5.91 Å². The van der Waals surface area contributed by atoms with Gasteiger partial charge in [-0.05, 0) is 101 Å². The Hall–Kier alpha value is -4.00. The van der Waals surface area contributed by atoms with Gasteiger partial charge in [-0.3, -0.25) is 9.59 Å². The minimum Gasteiger partial charge on any atom is -0.444 e. The van der Waals surface area contributed by atoms with Crippen molar-refractivity contribution in [2.45, 2.75) is 57.1 Å². The molecule has 1 unspecified atom stereocenters. The number of hydrogen-bond acceptors (Lipinski definition) is 7. The number of nitrogens with zero attached hydrogens (tertiary/aromatic N) is 2. The van der Waals surface area contributed by atoms with Crippen molar-refractivity contribution in [3.8, 4) is 5.75 Å². The molecule has 1 aliphatic heterocycles. The lowest BCUT2D eigenvalue weighted by Gasteiger charge is -2.33. The van der Waals surface area contributed by atoms with E-state index in [2.05, 4.69) is 10.6 Å². The lowest BCUT2D eigenvalue weighted by atomic mass is 9.97. The number of sulfonamides is 1. The molecule has 11 nitrogen and oxygen atoms in total. The molecule has 3 aromatic carbocycles. The van der Waals surface area contributed by atoms with Gasteiger partial charge in [0.1, 0.15) is 11.6 Å². The summed E-state index contributed by atoms with van der Waals surface area (Å²) < 4.78 is 33.6. The van der Waals surface area contributed by atoms with Gasteiger partial charge >= 0.3 is 6.09 Å². The highest BCUT2D eigenvalue weighted by Crippen LogP contribution is 2.32. The zero-order valence-electron chi connectivity index (χ0n) is 26.5. The van der Waals surface area contributed by atoms with Crippen LogP contribution in [0.15, 0.2) is 77.7 Å². The lowest BCUT2D eigenvalue weighted by molar-refractivity contribution is -0.122. The third kappa shape index (κ3) is 9.75. The summed E-state index contributed by atoms with van der Waals surface area (Å²) in [6, 6.07) is 17.0. The molecule has 2 N–H and O–H groups in total. The first-order valence-electron chi connectivity index (χ1n) is 15.0. The number of anilines is 1. The largest absolute Gasteiger partial charge is 0.444 e. The third-order valence-electron chi connectivity index (χ3n) is 7.25. The van der Waals surface area contributed by atoms with Crippen molar-refractivity contribution in [3.05, 3.63) is 88.4 Å². The number of halogens is 2. The van der Waals surface area contributed by atoms with E-state index in [4.69, 9.17) is 32.8 Å². The molecule has 1 heterocycles. The van der Waals surface area contributed by atoms with Crippen molar-refractivity contribution < 1.29 is 32.4 Å². The Balaban J connectivity index is 1.34. The maximum absolute atomic E-state index is 13.7. The van der Waals surface area contributed by atoms with Crippen LogP contribution in [0.1, 0.15) is 50.9 Å². The highest BCUT2D eigenvalue weighted by molar-refractivity contribution is 7.92. The first kappa shape index (κ1) is 35.8. The highest BCUT2D eigenvalue weighted by atomic mass is 35.5. The number of amides is 3. The lowest BCUT2D eigenvalue weighted by Crippen LogP contribution is -2.47. The van der Waals surface area contributed by atoms with E-state index >= 15 is 0 Å². The van der Waals surface area contributed by atoms with E-state index in [1.54, 1.807) is 42.2 Å². The first-order chi connectivity index (χ1) is 22.1. The van der Waals surface area contributed by atoms with Crippen molar-refractivity contribution in [1.29, 1.82) is 0 Å². The number of piperidine rings is 1. The Labute approximate surface area is 285 Å². The van der Waals surface area contributed by atoms with Crippen molar-refractivity contribution in [2.75, 3.05) is 24.1 Å². The summed E-state index contributed by atoms with van der Waals surface area (Å²) in [6.07, 6.45) is 1.09. The topological polar surface area (TPSA) is 134 Å². The molecule has 1 aliphatic rings. The van der Waals surface area contributed by atoms with Crippen LogP contribution in [-0.4, -0.2) is 62.5 Å². The van der Waals surface area contributed by atoms with Gasteiger partial charge in [-0.25, -0.2) is 4.79 Å². The van der Waals surface area contributed by atoms with Crippen molar-refractivity contribution in [1.82, 2.24) is 15.5 Å². The second kappa shape index (κ2) is 15.3. The average molecular weight is 706 g/mol. The number of para-hydroxylation sites is 1. The molecule has 0 aliphatic carbocycles. The van der Waals surface area contributed by atoms with Crippen LogP contribution in [0.2, 0.25) is 10.0 Å². The first-order valence-corrected chi connectivity index (χ1v) is 17.2. The summed E-state index contributed by atoms with van der Waals surface area (Å²) in [5.41, 5.74) is -0.186. The monoisotopic (exact) mass is 704 g/mol. The van der Waals surface area contributed by atoms with Gasteiger partial charge in [0.15, 0.2) is 5.75 Å². The van der Waals surface area contributed by atoms with Crippen LogP contribution >= 0.6 is 23.2 Å². The van der Waals surface area contributed by atoms with E-state index in [9.17, 15) is 22.8 Å². The zero-order valence-corrected chi connectivity index (χ0v) is 28.9. The van der Waals surface area contributed by atoms with Gasteiger partial charge in [-0.2, -0.15) is 8.42 Å². The molecule has 0 bridgehead atoms. The molecule has 3 amide bonds. The Kier molecular flexibility index (Phi) is 11.6. The van der Waals surface area contributed by atoms with Crippen LogP contribution in [0.4, 0.5) is 10.5 Å². The van der Waals surface area contributed by atoms with Crippen molar-refractivity contribution in [2.24, 2.45) is 5.92 Å². The van der Waals surface area contributed by atoms with Gasteiger partial charge < -0.3 is 25.1 Å². The average Bonchev–Trinajstić information content (AvgIpc) is 3.03. The maximum Gasteiger partial charge on any atom is 0.410 e. The van der Waals surface area contributed by atoms with Crippen LogP contribution in [0, 0.1) is 5.92 Å². The molecule has 0 radical (unpaired) electrons. The fraction of sp³-hybridized carbons (Fsp3) is 0.364. The van der Waals surface area contributed by atoms with E-state index in [0.717, 1.165) is 17.3 Å². The molecule has 252 valence electrons. The van der Waals surface area contributed by atoms with Crippen LogP contribution in [0.3, 0.4) is 0 Å². The number of hydrogen-bond donors (Lipinski definition) is 2. The highest BCUT2D eigenvalue weighted by Gasteiger charge is 2.30. The molecule has 14 heteroatoms. The second-order valence-corrected chi connectivity index (χ2v) is 14.7. The predicted octanol–water partition coefficient (Wildman–Crippen LogP) is 6.06. The normalized spacial score (nSPS) is 14.6. The van der Waals surface area contributed by atoms with Crippen molar-refractivity contribution in [3.63, 3.8) is 0 Å². The fourth-order valence-corrected chi connectivity index (χ4v) is 6.38. The third-order valence-corrected chi connectivity index (χ3v) is 9.37. The summed E-state index contributed by atoms with van der Waals surface area (Å²) in [4.78, 5) is 45.3. The molecule has 4 rings (SSSR count). The molecule has 0 saturated carbocycles. The number of carbonyl (C=O) groups excluding carboxylic acids is 3. The quantitative estimate of drug-likeness (QED) is 0.245. The Morgan fingerprint density at radius 2 is 1.62 bits per heavy atom. The van der Waals surface area contributed by atoms with E-state index < -0.39 is 27.6 Å². The number of ether oxygens (including phenoxy) is 1. The molecule has 1 saturated heterocycles. The summed E-state index contributed by atoms with van der Waals surface area (Å²) in [6.45, 7) is 8.52. The van der Waals surface area contributed by atoms with Crippen LogP contribution in [-0.2, 0) is 19.6 Å². The van der Waals surface area contributed by atoms with E-state index in [0.29, 0.717) is 24.7 Å². The van der Waals surface area contributed by atoms with Gasteiger partial charge in [-0.15, -0.1) is 0 Å². The number of nitrogens with one attached hydrogen (secondary N) is 2. The predicted molar refractivity (Wildman–Crippen MR) is 180 cm³/mol. The number of rotatable bonds is 10. The summed E-state index contributed by atoms with van der Waals surface area (Å²) in [5, 5.41) is 5.99. The zero-order chi connectivity index (χ0) is 34.4. The molecular weight excluding hydrogens is 667 g/mol. The minimum absolute atomic E-state index is 0.0676. The second-order valence-electron chi connectivity index (χ2n) is 12.1. The summed E-state index contributed by atoms with van der Waals surface area (Å²) >= 11 is 12.2. The van der Waals surface area contributed by atoms with Crippen LogP contribution < -0.4 is 19.9 Å². The Morgan fingerprint density at radius 3 is 2.21 bits per heavy atom. The standard InChI is InChI=1S/C33H38Cl2N4O7S/c1-22(30(40)36-21-23-16-18-38(19-17-23)32(42)45-33(2,3)4)37-31(41)24-10-13-27(14-11-24)47(43,44)39(26-8-6-5-7-9-26)46-29-15-12-25(34)20-28(29)35/h5-15,20,22-23H,16-19,21H2,1-4H3,(H,36,40)(H,37,41). The number of likely N-dealkylation sites (tertiary alicyclic amines) is 1. The van der Waals surface area contributed by atoms with Gasteiger partial charge in [-0.1, -0.05) is 45.9 Å². The molecule has 1 fully saturated rings. The van der Waals surface area contributed by atoms with Crippen molar-refractivity contribution >= 4 is 56.8 Å². The summed E-state index contributed by atoms with van der Waals surface area (Å²) in [5.74, 6) is -0.654. The molecule has 1 atom stereocenters. The van der Waals surface area contributed by atoms with Crippen LogP contribution in [0.5, 0.6) is 5.75 Å². The fourth-order valence-electron chi connectivity index (χ4n) is 4.69. The molecule has 0 spiro atoms. The molecular formula is C33H38Cl2N4O7S. The smallest absolute Gasteiger partial charge is 0.410 e. The van der Waals surface area contributed by atoms with Gasteiger partial charge in [0.05, 0.1) is 15.6 Å². The van der Waals surface area contributed by atoms with E-state index in [-0.39, 0.29) is 44.8 Å². The SMILES string of the molecule is CC(NC(=O)c1ccc(S(=O)(=O)N(Oc2ccc(Cl)cc2Cl)c2ccccc2)cc1)C(=O)NCC1CCN(C(=O)OC(C)(C)C)CC1. The molecule has 47 heavy (non-hydrogen) atoms. The summed E-state index contributed by atoms with van der Waals surface area (Å²) in [7, 11) is -4.30. The number of benzene rings is 3. The van der Waals surface area contributed by atoms with Gasteiger partial charge in [0, 0.05) is 30.2 Å². The van der Waals surface area contributed by atoms with E-state index in [1.807, 2.05) is 20.8 Å².